The van der Waals surface area contributed by atoms with E-state index in [2.05, 4.69) is 151 Å². The van der Waals surface area contributed by atoms with Gasteiger partial charge in [-0.15, -0.1) is 23.3 Å². The van der Waals surface area contributed by atoms with Crippen LogP contribution >= 0.6 is 0 Å². The van der Waals surface area contributed by atoms with Crippen molar-refractivity contribution in [1.29, 1.82) is 0 Å². The summed E-state index contributed by atoms with van der Waals surface area (Å²) in [5.74, 6) is 2.57. The minimum atomic E-state index is 0. The minimum Gasteiger partial charge on any atom is -0.497 e. The smallest absolute Gasteiger partial charge is 0.497 e. The molecule has 0 aliphatic heterocycles. The van der Waals surface area contributed by atoms with Crippen LogP contribution in [0.3, 0.4) is 0 Å². The van der Waals surface area contributed by atoms with Gasteiger partial charge in [-0.1, -0.05) is 186 Å². The molecule has 0 saturated heterocycles. The fourth-order valence-corrected chi connectivity index (χ4v) is 8.03. The molecular weight excluding hydrogens is 968 g/mol. The van der Waals surface area contributed by atoms with Crippen molar-refractivity contribution in [1.82, 2.24) is 9.97 Å². The number of hydrogen-bond donors (Lipinski definition) is 0. The van der Waals surface area contributed by atoms with E-state index in [-0.39, 0.29) is 31.9 Å². The third-order valence-electron chi connectivity index (χ3n) is 11.6. The van der Waals surface area contributed by atoms with E-state index in [1.54, 1.807) is 0 Å². The largest absolute Gasteiger partial charge is 2.00 e. The van der Waals surface area contributed by atoms with E-state index in [9.17, 15) is 0 Å². The van der Waals surface area contributed by atoms with E-state index in [1.165, 1.54) is 11.1 Å². The number of hydrogen-bond acceptors (Lipinski definition) is 5. The number of ether oxygens (including phenoxy) is 1. The predicted molar refractivity (Wildman–Crippen MR) is 256 cm³/mol. The molecule has 6 heteroatoms. The van der Waals surface area contributed by atoms with Crippen LogP contribution in [0.2, 0.25) is 0 Å². The molecule has 6 aromatic carbocycles. The normalized spacial score (nSPS) is 11.8. The zero-order valence-corrected chi connectivity index (χ0v) is 38.9. The van der Waals surface area contributed by atoms with Crippen LogP contribution < -0.4 is 4.74 Å². The number of nitrogens with zero attached hydrogens (tertiary/aromatic N) is 2. The van der Waals surface area contributed by atoms with Gasteiger partial charge in [0.25, 0.3) is 0 Å². The summed E-state index contributed by atoms with van der Waals surface area (Å²) >= 11 is 0. The van der Waals surface area contributed by atoms with E-state index in [4.69, 9.17) is 23.5 Å². The summed E-state index contributed by atoms with van der Waals surface area (Å²) in [5.41, 5.74) is 12.8. The van der Waals surface area contributed by atoms with Crippen LogP contribution in [0.5, 0.6) is 11.5 Å². The first-order valence-electron chi connectivity index (χ1n) is 21.4. The first kappa shape index (κ1) is 42.5. The summed E-state index contributed by atoms with van der Waals surface area (Å²) in [6, 6.07) is 61.2. The van der Waals surface area contributed by atoms with E-state index < -0.39 is 0 Å². The van der Waals surface area contributed by atoms with E-state index >= 15 is 0 Å². The summed E-state index contributed by atoms with van der Waals surface area (Å²) < 4.78 is 20.1. The predicted octanol–water partition coefficient (Wildman–Crippen LogP) is 16.0. The molecule has 316 valence electrons. The van der Waals surface area contributed by atoms with E-state index in [0.29, 0.717) is 34.1 Å². The average Bonchev–Trinajstić information content (AvgIpc) is 3.95. The van der Waals surface area contributed by atoms with Gasteiger partial charge < -0.3 is 23.5 Å². The van der Waals surface area contributed by atoms with Gasteiger partial charge in [0.2, 0.25) is 0 Å². The Morgan fingerprint density at radius 1 is 0.422 bits per heavy atom. The van der Waals surface area contributed by atoms with Crippen molar-refractivity contribution < 1.29 is 34.6 Å². The molecule has 0 spiro atoms. The average molecular weight is 1010 g/mol. The Labute approximate surface area is 389 Å². The molecule has 64 heavy (non-hydrogen) atoms. The Balaban J connectivity index is 0.00000518. The van der Waals surface area contributed by atoms with Crippen molar-refractivity contribution in [2.24, 2.45) is 0 Å². The topological polar surface area (TPSA) is 61.3 Å². The third kappa shape index (κ3) is 8.61. The molecule has 0 radical (unpaired) electrons. The SMILES string of the molecule is CC(C)(C)c1ccc(-c2cc3ccnc(-c4[c-]c(Oc5[c-]c(-c6nccc7cc(-c8ccc(C(C)(C)C)cc8)oc67)cc(-c6ccccc6)c5)cc(-c5ccccc5)c4)c3o2)cc1.[Pt+2]. The summed E-state index contributed by atoms with van der Waals surface area (Å²) in [7, 11) is 0. The van der Waals surface area contributed by atoms with Gasteiger partial charge in [-0.05, 0) is 57.3 Å². The number of pyridine rings is 2. The van der Waals surface area contributed by atoms with Gasteiger partial charge in [0, 0.05) is 57.2 Å². The van der Waals surface area contributed by atoms with Crippen molar-refractivity contribution in [2.75, 3.05) is 0 Å². The van der Waals surface area contributed by atoms with Crippen molar-refractivity contribution in [2.45, 2.75) is 52.4 Å². The maximum atomic E-state index is 6.85. The number of fused-ring (bicyclic) bond motifs is 2. The maximum absolute atomic E-state index is 6.85. The number of rotatable bonds is 8. The first-order chi connectivity index (χ1) is 30.4. The molecule has 4 heterocycles. The van der Waals surface area contributed by atoms with Gasteiger partial charge >= 0.3 is 21.1 Å². The summed E-state index contributed by atoms with van der Waals surface area (Å²) in [6.07, 6.45) is 3.64. The molecule has 0 saturated carbocycles. The van der Waals surface area contributed by atoms with Crippen LogP contribution in [0.1, 0.15) is 52.7 Å². The molecule has 10 rings (SSSR count). The Morgan fingerprint density at radius 3 is 1.19 bits per heavy atom. The molecule has 4 aromatic heterocycles. The second-order valence-electron chi connectivity index (χ2n) is 18.2. The molecule has 0 amide bonds. The third-order valence-corrected chi connectivity index (χ3v) is 11.6. The zero-order chi connectivity index (χ0) is 43.3. The van der Waals surface area contributed by atoms with Crippen molar-refractivity contribution in [3.63, 3.8) is 0 Å². The van der Waals surface area contributed by atoms with Crippen LogP contribution in [-0.4, -0.2) is 9.97 Å². The molecule has 0 aliphatic rings. The molecule has 0 N–H and O–H groups in total. The Morgan fingerprint density at radius 2 is 0.812 bits per heavy atom. The fraction of sp³-hybridized carbons (Fsp3) is 0.138. The second-order valence-corrected chi connectivity index (χ2v) is 18.2. The summed E-state index contributed by atoms with van der Waals surface area (Å²) in [4.78, 5) is 9.76. The van der Waals surface area contributed by atoms with Crippen LogP contribution in [0.15, 0.2) is 179 Å². The van der Waals surface area contributed by atoms with Gasteiger partial charge in [-0.25, -0.2) is 0 Å². The van der Waals surface area contributed by atoms with Crippen LogP contribution in [0.25, 0.3) is 89.4 Å². The number of aromatic nitrogens is 2. The molecule has 10 aromatic rings. The van der Waals surface area contributed by atoms with Crippen molar-refractivity contribution in [3.8, 4) is 78.9 Å². The Bertz CT molecular complexity index is 3020. The van der Waals surface area contributed by atoms with Crippen LogP contribution in [0, 0.1) is 12.1 Å². The standard InChI is InChI=1S/C58H46N2O3.Pt/c1-57(2,3)47-21-17-39(18-22-47)51-35-41-25-27-59-53(55(41)62-51)45-29-43(37-13-9-7-10-14-37)31-49(33-45)61-50-32-44(38-15-11-8-12-16-38)30-46(34-50)54-56-42(26-28-60-54)36-52(63-56)40-19-23-48(24-20-40)58(4,5)6;/h7-32,35-36H,1-6H3;/q-2;+2. The number of benzene rings is 6. The molecule has 0 aliphatic carbocycles. The van der Waals surface area contributed by atoms with Gasteiger partial charge in [-0.3, -0.25) is 0 Å². The monoisotopic (exact) mass is 1010 g/mol. The molecule has 0 unspecified atom stereocenters. The van der Waals surface area contributed by atoms with Crippen molar-refractivity contribution in [3.05, 3.63) is 193 Å². The second kappa shape index (κ2) is 17.0. The van der Waals surface area contributed by atoms with Gasteiger partial charge in [0.05, 0.1) is 0 Å². The van der Waals surface area contributed by atoms with E-state index in [0.717, 1.165) is 66.8 Å². The van der Waals surface area contributed by atoms with Crippen LogP contribution in [-0.2, 0) is 31.9 Å². The van der Waals surface area contributed by atoms with Crippen LogP contribution in [0.4, 0.5) is 0 Å². The Hall–Kier alpha value is -6.81. The van der Waals surface area contributed by atoms with Crippen molar-refractivity contribution >= 4 is 21.9 Å². The van der Waals surface area contributed by atoms with E-state index in [1.807, 2.05) is 73.1 Å². The number of furan rings is 2. The molecule has 0 bridgehead atoms. The maximum Gasteiger partial charge on any atom is 2.00 e. The summed E-state index contributed by atoms with van der Waals surface area (Å²) in [5, 5.41) is 1.91. The van der Waals surface area contributed by atoms with Gasteiger partial charge in [0.1, 0.15) is 22.7 Å². The quantitative estimate of drug-likeness (QED) is 0.142. The molecule has 0 atom stereocenters. The molecular formula is C58H46N2O3Pt. The molecule has 0 fully saturated rings. The zero-order valence-electron chi connectivity index (χ0n) is 36.6. The minimum absolute atomic E-state index is 0. The fourth-order valence-electron chi connectivity index (χ4n) is 8.03. The Kier molecular flexibility index (Phi) is 11.3. The van der Waals surface area contributed by atoms with Gasteiger partial charge in [-0.2, -0.15) is 0 Å². The van der Waals surface area contributed by atoms with Gasteiger partial charge in [0.15, 0.2) is 0 Å². The molecule has 5 nitrogen and oxygen atoms in total. The summed E-state index contributed by atoms with van der Waals surface area (Å²) in [6.45, 7) is 13.3. The first-order valence-corrected chi connectivity index (χ1v) is 21.4.